The van der Waals surface area contributed by atoms with Crippen LogP contribution in [0.25, 0.3) is 0 Å². The first-order valence-corrected chi connectivity index (χ1v) is 3.72. The average Bonchev–Trinajstić information content (AvgIpc) is 2.34. The minimum absolute atomic E-state index is 0.683. The van der Waals surface area contributed by atoms with Crippen LogP contribution in [-0.4, -0.2) is 16.7 Å². The number of aromatic nitrogens is 2. The third kappa shape index (κ3) is 0.778. The normalized spacial score (nSPS) is 16.1. The smallest absolute Gasteiger partial charge is 0.152 e. The summed E-state index contributed by atoms with van der Waals surface area (Å²) in [6, 6.07) is 0. The lowest BCUT2D eigenvalue weighted by Gasteiger charge is -2.10. The second kappa shape index (κ2) is 2.16. The predicted molar refractivity (Wildman–Crippen MR) is 40.4 cm³/mol. The van der Waals surface area contributed by atoms with Crippen molar-refractivity contribution >= 4 is 17.4 Å². The lowest BCUT2D eigenvalue weighted by Crippen LogP contribution is -2.10. The van der Waals surface area contributed by atoms with Crippen molar-refractivity contribution in [2.24, 2.45) is 0 Å². The number of hydrogen-bond donors (Lipinski definition) is 2. The van der Waals surface area contributed by atoms with Gasteiger partial charge in [0.1, 0.15) is 5.15 Å². The first-order chi connectivity index (χ1) is 4.88. The summed E-state index contributed by atoms with van der Waals surface area (Å²) in [5, 5.41) is 10.6. The standard InChI is InChI=1S/C6H8ClN3/c7-5-4-2-1-3-8-6(4)10-9-5/h1-3H2,(H2,8,9,10). The van der Waals surface area contributed by atoms with Gasteiger partial charge in [-0.3, -0.25) is 5.10 Å². The molecule has 0 atom stereocenters. The summed E-state index contributed by atoms with van der Waals surface area (Å²) in [7, 11) is 0. The molecule has 2 rings (SSSR count). The van der Waals surface area contributed by atoms with Crippen LogP contribution in [-0.2, 0) is 6.42 Å². The maximum absolute atomic E-state index is 5.80. The molecule has 1 aromatic rings. The average molecular weight is 158 g/mol. The van der Waals surface area contributed by atoms with Gasteiger partial charge in [0.2, 0.25) is 0 Å². The van der Waals surface area contributed by atoms with Crippen molar-refractivity contribution in [3.63, 3.8) is 0 Å². The molecule has 0 aliphatic carbocycles. The van der Waals surface area contributed by atoms with Gasteiger partial charge < -0.3 is 5.32 Å². The fourth-order valence-electron chi connectivity index (χ4n) is 1.19. The molecule has 2 heterocycles. The predicted octanol–water partition coefficient (Wildman–Crippen LogP) is 1.42. The van der Waals surface area contributed by atoms with E-state index in [-0.39, 0.29) is 0 Å². The SMILES string of the molecule is Clc1[nH]nc2c1CCCN2. The van der Waals surface area contributed by atoms with Gasteiger partial charge >= 0.3 is 0 Å². The van der Waals surface area contributed by atoms with Crippen molar-refractivity contribution < 1.29 is 0 Å². The molecule has 1 aromatic heterocycles. The summed E-state index contributed by atoms with van der Waals surface area (Å²) in [6.07, 6.45) is 2.18. The summed E-state index contributed by atoms with van der Waals surface area (Å²) < 4.78 is 0. The zero-order valence-corrected chi connectivity index (χ0v) is 6.20. The van der Waals surface area contributed by atoms with Gasteiger partial charge in [0.15, 0.2) is 5.82 Å². The number of anilines is 1. The second-order valence-corrected chi connectivity index (χ2v) is 2.77. The van der Waals surface area contributed by atoms with E-state index in [4.69, 9.17) is 11.6 Å². The van der Waals surface area contributed by atoms with Gasteiger partial charge in [-0.15, -0.1) is 0 Å². The summed E-state index contributed by atoms with van der Waals surface area (Å²) >= 11 is 5.80. The molecule has 4 heteroatoms. The van der Waals surface area contributed by atoms with Crippen molar-refractivity contribution in [3.05, 3.63) is 10.7 Å². The number of nitrogens with one attached hydrogen (secondary N) is 2. The number of rotatable bonds is 0. The largest absolute Gasteiger partial charge is 0.368 e. The lowest BCUT2D eigenvalue weighted by molar-refractivity contribution is 0.827. The minimum Gasteiger partial charge on any atom is -0.368 e. The fourth-order valence-corrected chi connectivity index (χ4v) is 1.42. The maximum atomic E-state index is 5.80. The van der Waals surface area contributed by atoms with Crippen LogP contribution in [0, 0.1) is 0 Å². The third-order valence-electron chi connectivity index (χ3n) is 1.71. The lowest BCUT2D eigenvalue weighted by atomic mass is 10.1. The summed E-state index contributed by atoms with van der Waals surface area (Å²) in [5.74, 6) is 0.927. The summed E-state index contributed by atoms with van der Waals surface area (Å²) in [5.41, 5.74) is 1.13. The quantitative estimate of drug-likeness (QED) is 0.598. The third-order valence-corrected chi connectivity index (χ3v) is 2.03. The van der Waals surface area contributed by atoms with Crippen LogP contribution in [0.2, 0.25) is 5.15 Å². The highest BCUT2D eigenvalue weighted by Gasteiger charge is 2.14. The minimum atomic E-state index is 0.683. The number of H-pyrrole nitrogens is 1. The van der Waals surface area contributed by atoms with Gasteiger partial charge in [0.05, 0.1) is 0 Å². The zero-order valence-electron chi connectivity index (χ0n) is 5.45. The Morgan fingerprint density at radius 1 is 1.50 bits per heavy atom. The molecule has 0 unspecified atom stereocenters. The van der Waals surface area contributed by atoms with E-state index in [1.807, 2.05) is 0 Å². The van der Waals surface area contributed by atoms with Crippen LogP contribution >= 0.6 is 11.6 Å². The Morgan fingerprint density at radius 2 is 2.40 bits per heavy atom. The molecule has 0 fully saturated rings. The highest BCUT2D eigenvalue weighted by molar-refractivity contribution is 6.30. The first kappa shape index (κ1) is 6.04. The van der Waals surface area contributed by atoms with E-state index >= 15 is 0 Å². The molecular formula is C6H8ClN3. The van der Waals surface area contributed by atoms with E-state index in [9.17, 15) is 0 Å². The van der Waals surface area contributed by atoms with Gasteiger partial charge in [-0.2, -0.15) is 5.10 Å². The van der Waals surface area contributed by atoms with E-state index in [1.165, 1.54) is 0 Å². The monoisotopic (exact) mass is 157 g/mol. The Bertz CT molecular complexity index is 243. The molecule has 54 valence electrons. The van der Waals surface area contributed by atoms with Crippen molar-refractivity contribution in [3.8, 4) is 0 Å². The molecular weight excluding hydrogens is 150 g/mol. The fraction of sp³-hybridized carbons (Fsp3) is 0.500. The molecule has 0 saturated heterocycles. The number of hydrogen-bond acceptors (Lipinski definition) is 2. The van der Waals surface area contributed by atoms with Crippen LogP contribution in [0.15, 0.2) is 0 Å². The number of fused-ring (bicyclic) bond motifs is 1. The Balaban J connectivity index is 2.45. The van der Waals surface area contributed by atoms with Gasteiger partial charge in [-0.1, -0.05) is 11.6 Å². The van der Waals surface area contributed by atoms with Crippen molar-refractivity contribution in [1.82, 2.24) is 10.2 Å². The van der Waals surface area contributed by atoms with Crippen molar-refractivity contribution in [2.45, 2.75) is 12.8 Å². The number of halogens is 1. The molecule has 3 nitrogen and oxygen atoms in total. The zero-order chi connectivity index (χ0) is 6.97. The van der Waals surface area contributed by atoms with Crippen LogP contribution in [0.4, 0.5) is 5.82 Å². The van der Waals surface area contributed by atoms with E-state index < -0.39 is 0 Å². The van der Waals surface area contributed by atoms with E-state index in [2.05, 4.69) is 15.5 Å². The summed E-state index contributed by atoms with van der Waals surface area (Å²) in [6.45, 7) is 1.01. The Morgan fingerprint density at radius 3 is 3.20 bits per heavy atom. The van der Waals surface area contributed by atoms with Gasteiger partial charge in [0.25, 0.3) is 0 Å². The molecule has 0 radical (unpaired) electrons. The van der Waals surface area contributed by atoms with Crippen LogP contribution < -0.4 is 5.32 Å². The molecule has 0 amide bonds. The van der Waals surface area contributed by atoms with Gasteiger partial charge in [-0.05, 0) is 12.8 Å². The van der Waals surface area contributed by atoms with Crippen LogP contribution in [0.1, 0.15) is 12.0 Å². The summed E-state index contributed by atoms with van der Waals surface area (Å²) in [4.78, 5) is 0. The van der Waals surface area contributed by atoms with E-state index in [0.29, 0.717) is 5.15 Å². The molecule has 2 N–H and O–H groups in total. The topological polar surface area (TPSA) is 40.7 Å². The van der Waals surface area contributed by atoms with Crippen molar-refractivity contribution in [1.29, 1.82) is 0 Å². The molecule has 10 heavy (non-hydrogen) atoms. The molecule has 0 aromatic carbocycles. The molecule has 0 spiro atoms. The first-order valence-electron chi connectivity index (χ1n) is 3.34. The Hall–Kier alpha value is -0.700. The second-order valence-electron chi connectivity index (χ2n) is 2.40. The molecule has 1 aliphatic rings. The van der Waals surface area contributed by atoms with Crippen LogP contribution in [0.5, 0.6) is 0 Å². The number of nitrogens with zero attached hydrogens (tertiary/aromatic N) is 1. The maximum Gasteiger partial charge on any atom is 0.152 e. The van der Waals surface area contributed by atoms with E-state index in [0.717, 1.165) is 30.8 Å². The Labute approximate surface area is 63.8 Å². The highest BCUT2D eigenvalue weighted by atomic mass is 35.5. The van der Waals surface area contributed by atoms with Crippen molar-refractivity contribution in [2.75, 3.05) is 11.9 Å². The molecule has 0 bridgehead atoms. The van der Waals surface area contributed by atoms with Gasteiger partial charge in [-0.25, -0.2) is 0 Å². The number of aromatic amines is 1. The molecule has 1 aliphatic heterocycles. The Kier molecular flexibility index (Phi) is 1.31. The highest BCUT2D eigenvalue weighted by Crippen LogP contribution is 2.25. The molecule has 0 saturated carbocycles. The van der Waals surface area contributed by atoms with Crippen LogP contribution in [0.3, 0.4) is 0 Å². The van der Waals surface area contributed by atoms with E-state index in [1.54, 1.807) is 0 Å². The van der Waals surface area contributed by atoms with Gasteiger partial charge in [0, 0.05) is 12.1 Å².